The first-order chi connectivity index (χ1) is 12.9. The first-order valence-corrected chi connectivity index (χ1v) is 9.22. The van der Waals surface area contributed by atoms with Crippen molar-refractivity contribution in [2.24, 2.45) is 5.92 Å². The molecule has 0 saturated carbocycles. The summed E-state index contributed by atoms with van der Waals surface area (Å²) < 4.78 is 10.8. The number of nitriles is 1. The molecule has 2 heterocycles. The molecule has 7 nitrogen and oxygen atoms in total. The lowest BCUT2D eigenvalue weighted by Gasteiger charge is -2.25. The van der Waals surface area contributed by atoms with E-state index in [0.29, 0.717) is 19.4 Å². The van der Waals surface area contributed by atoms with Gasteiger partial charge >= 0.3 is 6.09 Å². The molecule has 0 aliphatic carbocycles. The molecule has 0 radical (unpaired) electrons. The van der Waals surface area contributed by atoms with Crippen molar-refractivity contribution in [3.8, 4) is 6.07 Å². The van der Waals surface area contributed by atoms with Crippen LogP contribution in [0.5, 0.6) is 0 Å². The van der Waals surface area contributed by atoms with Crippen LogP contribution in [0.25, 0.3) is 0 Å². The molecular weight excluding hydrogens is 346 g/mol. The van der Waals surface area contributed by atoms with Gasteiger partial charge in [0.1, 0.15) is 12.3 Å². The van der Waals surface area contributed by atoms with Crippen LogP contribution in [-0.2, 0) is 20.7 Å². The van der Waals surface area contributed by atoms with Gasteiger partial charge in [0.05, 0.1) is 24.6 Å². The second-order valence-electron chi connectivity index (χ2n) is 7.59. The van der Waals surface area contributed by atoms with Crippen LogP contribution >= 0.6 is 0 Å². The summed E-state index contributed by atoms with van der Waals surface area (Å²) in [5.41, 5.74) is 0.580. The van der Waals surface area contributed by atoms with Gasteiger partial charge in [-0.3, -0.25) is 10.1 Å². The van der Waals surface area contributed by atoms with Gasteiger partial charge < -0.3 is 9.47 Å². The van der Waals surface area contributed by atoms with Crippen LogP contribution in [0.1, 0.15) is 32.3 Å². The van der Waals surface area contributed by atoms with Crippen molar-refractivity contribution in [1.82, 2.24) is 10.2 Å². The number of imide groups is 1. The van der Waals surface area contributed by atoms with E-state index in [4.69, 9.17) is 9.47 Å². The first kappa shape index (κ1) is 19.3. The average Bonchev–Trinajstić information content (AvgIpc) is 3.16. The highest BCUT2D eigenvalue weighted by Crippen LogP contribution is 2.26. The molecular formula is C20H25N3O4. The third kappa shape index (κ3) is 4.65. The lowest BCUT2D eigenvalue weighted by molar-refractivity contribution is -0.133. The summed E-state index contributed by atoms with van der Waals surface area (Å²) >= 11 is 0. The molecule has 2 aliphatic rings. The standard InChI is InChI=1S/C20H25N3O4/c1-20(2)22-16(12-27-20)11-15(8-9-21)18(24)23-17(13-26-19(23)25)10-14-6-4-3-5-7-14/h3-7,15-17,22H,8,10-13H2,1-2H3. The molecule has 3 atom stereocenters. The van der Waals surface area contributed by atoms with E-state index in [0.717, 1.165) is 5.56 Å². The number of cyclic esters (lactones) is 1. The maximum Gasteiger partial charge on any atom is 0.416 e. The quantitative estimate of drug-likeness (QED) is 0.824. The zero-order valence-corrected chi connectivity index (χ0v) is 15.7. The van der Waals surface area contributed by atoms with Gasteiger partial charge in [0.2, 0.25) is 5.91 Å². The Morgan fingerprint density at radius 3 is 2.74 bits per heavy atom. The predicted molar refractivity (Wildman–Crippen MR) is 97.4 cm³/mol. The van der Waals surface area contributed by atoms with Gasteiger partial charge in [0.15, 0.2) is 0 Å². The molecule has 2 saturated heterocycles. The van der Waals surface area contributed by atoms with Crippen molar-refractivity contribution in [3.05, 3.63) is 35.9 Å². The molecule has 2 fully saturated rings. The van der Waals surface area contributed by atoms with Crippen molar-refractivity contribution >= 4 is 12.0 Å². The maximum atomic E-state index is 13.1. The van der Waals surface area contributed by atoms with Crippen molar-refractivity contribution in [2.75, 3.05) is 13.2 Å². The van der Waals surface area contributed by atoms with Crippen LogP contribution in [0.15, 0.2) is 30.3 Å². The van der Waals surface area contributed by atoms with Crippen molar-refractivity contribution in [1.29, 1.82) is 5.26 Å². The van der Waals surface area contributed by atoms with Crippen molar-refractivity contribution in [3.63, 3.8) is 0 Å². The zero-order valence-electron chi connectivity index (χ0n) is 15.7. The SMILES string of the molecule is CC1(C)NC(CC(CC#N)C(=O)N2C(=O)OCC2Cc2ccccc2)CO1. The van der Waals surface area contributed by atoms with Crippen LogP contribution in [0.3, 0.4) is 0 Å². The number of hydrogen-bond acceptors (Lipinski definition) is 6. The van der Waals surface area contributed by atoms with E-state index in [9.17, 15) is 14.9 Å². The summed E-state index contributed by atoms with van der Waals surface area (Å²) in [6.45, 7) is 4.49. The summed E-state index contributed by atoms with van der Waals surface area (Å²) in [6, 6.07) is 11.4. The third-order valence-electron chi connectivity index (χ3n) is 4.97. The average molecular weight is 371 g/mol. The fourth-order valence-corrected chi connectivity index (χ4v) is 3.70. The van der Waals surface area contributed by atoms with Crippen LogP contribution in [0.4, 0.5) is 4.79 Å². The van der Waals surface area contributed by atoms with E-state index in [1.807, 2.05) is 44.2 Å². The molecule has 0 aromatic heterocycles. The number of nitrogens with zero attached hydrogens (tertiary/aromatic N) is 2. The highest BCUT2D eigenvalue weighted by Gasteiger charge is 2.42. The van der Waals surface area contributed by atoms with Gasteiger partial charge in [-0.15, -0.1) is 0 Å². The van der Waals surface area contributed by atoms with Crippen molar-refractivity contribution < 1.29 is 19.1 Å². The Morgan fingerprint density at radius 1 is 1.37 bits per heavy atom. The summed E-state index contributed by atoms with van der Waals surface area (Å²) in [5, 5.41) is 12.5. The Morgan fingerprint density at radius 2 is 2.11 bits per heavy atom. The van der Waals surface area contributed by atoms with Gasteiger partial charge in [0, 0.05) is 12.5 Å². The molecule has 0 spiro atoms. The largest absolute Gasteiger partial charge is 0.447 e. The molecule has 1 aromatic rings. The number of nitrogens with one attached hydrogen (secondary N) is 1. The Kier molecular flexibility index (Phi) is 5.78. The van der Waals surface area contributed by atoms with E-state index < -0.39 is 17.7 Å². The number of carbonyl (C=O) groups is 2. The second-order valence-corrected chi connectivity index (χ2v) is 7.59. The van der Waals surface area contributed by atoms with Crippen LogP contribution in [0.2, 0.25) is 0 Å². The Hall–Kier alpha value is -2.43. The van der Waals surface area contributed by atoms with Crippen LogP contribution in [0, 0.1) is 17.2 Å². The summed E-state index contributed by atoms with van der Waals surface area (Å²) in [7, 11) is 0. The van der Waals surface area contributed by atoms with Gasteiger partial charge in [-0.25, -0.2) is 9.69 Å². The van der Waals surface area contributed by atoms with E-state index in [1.54, 1.807) is 0 Å². The number of hydrogen-bond donors (Lipinski definition) is 1. The number of ether oxygens (including phenoxy) is 2. The van der Waals surface area contributed by atoms with Gasteiger partial charge in [-0.1, -0.05) is 30.3 Å². The molecule has 3 rings (SSSR count). The molecule has 0 bridgehead atoms. The topological polar surface area (TPSA) is 91.7 Å². The smallest absolute Gasteiger partial charge is 0.416 e. The van der Waals surface area contributed by atoms with Gasteiger partial charge in [0.25, 0.3) is 0 Å². The first-order valence-electron chi connectivity index (χ1n) is 9.22. The molecule has 27 heavy (non-hydrogen) atoms. The van der Waals surface area contributed by atoms with Crippen LogP contribution in [-0.4, -0.2) is 47.9 Å². The summed E-state index contributed by atoms with van der Waals surface area (Å²) in [6.07, 6.45) is 0.409. The molecule has 3 unspecified atom stereocenters. The van der Waals surface area contributed by atoms with E-state index in [2.05, 4.69) is 11.4 Å². The zero-order chi connectivity index (χ0) is 19.4. The minimum Gasteiger partial charge on any atom is -0.447 e. The van der Waals surface area contributed by atoms with Crippen LogP contribution < -0.4 is 5.32 Å². The fraction of sp³-hybridized carbons (Fsp3) is 0.550. The Labute approximate surface area is 159 Å². The highest BCUT2D eigenvalue weighted by molar-refractivity contribution is 5.95. The lowest BCUT2D eigenvalue weighted by atomic mass is 9.94. The van der Waals surface area contributed by atoms with E-state index in [-0.39, 0.29) is 31.0 Å². The van der Waals surface area contributed by atoms with Gasteiger partial charge in [-0.2, -0.15) is 5.26 Å². The normalized spacial score (nSPS) is 25.1. The number of amides is 2. The van der Waals surface area contributed by atoms with E-state index in [1.165, 1.54) is 4.90 Å². The number of benzene rings is 1. The minimum atomic E-state index is -0.625. The molecule has 1 aromatic carbocycles. The Bertz CT molecular complexity index is 728. The fourth-order valence-electron chi connectivity index (χ4n) is 3.70. The lowest BCUT2D eigenvalue weighted by Crippen LogP contribution is -2.46. The van der Waals surface area contributed by atoms with Crippen molar-refractivity contribution in [2.45, 2.75) is 50.9 Å². The molecule has 7 heteroatoms. The van der Waals surface area contributed by atoms with Gasteiger partial charge in [-0.05, 0) is 32.3 Å². The summed E-state index contributed by atoms with van der Waals surface area (Å²) in [5.74, 6) is -0.916. The predicted octanol–water partition coefficient (Wildman–Crippen LogP) is 2.22. The monoisotopic (exact) mass is 371 g/mol. The molecule has 144 valence electrons. The highest BCUT2D eigenvalue weighted by atomic mass is 16.6. The molecule has 2 amide bonds. The molecule has 2 aliphatic heterocycles. The minimum absolute atomic E-state index is 0.0338. The Balaban J connectivity index is 1.71. The van der Waals surface area contributed by atoms with E-state index >= 15 is 0 Å². The second kappa shape index (κ2) is 8.07. The third-order valence-corrected chi connectivity index (χ3v) is 4.97. The summed E-state index contributed by atoms with van der Waals surface area (Å²) in [4.78, 5) is 26.5. The number of rotatable bonds is 6. The molecule has 1 N–H and O–H groups in total. The number of carbonyl (C=O) groups excluding carboxylic acids is 2. The maximum absolute atomic E-state index is 13.1.